The third kappa shape index (κ3) is 1.69. The Bertz CT molecular complexity index is 253. The third-order valence-electron chi connectivity index (χ3n) is 1.45. The van der Waals surface area contributed by atoms with E-state index in [9.17, 15) is 10.2 Å². The van der Waals surface area contributed by atoms with Gasteiger partial charge >= 0.3 is 0 Å². The molecular weight excluding hydrogens is 142 g/mol. The van der Waals surface area contributed by atoms with Gasteiger partial charge in [-0.05, 0) is 13.0 Å². The van der Waals surface area contributed by atoms with Crippen LogP contribution in [0.5, 0.6) is 5.75 Å². The molecule has 0 bridgehead atoms. The van der Waals surface area contributed by atoms with Crippen molar-refractivity contribution in [2.24, 2.45) is 5.73 Å². The molecule has 0 aromatic heterocycles. The van der Waals surface area contributed by atoms with Gasteiger partial charge in [0, 0.05) is 5.56 Å². The fourth-order valence-electron chi connectivity index (χ4n) is 0.902. The van der Waals surface area contributed by atoms with Gasteiger partial charge in [-0.25, -0.2) is 0 Å². The molecule has 0 aliphatic rings. The van der Waals surface area contributed by atoms with Crippen LogP contribution in [-0.2, 0) is 5.72 Å². The number of hydrogen-bond acceptors (Lipinski definition) is 3. The van der Waals surface area contributed by atoms with Gasteiger partial charge in [-0.3, -0.25) is 5.73 Å². The van der Waals surface area contributed by atoms with E-state index in [0.717, 1.165) is 0 Å². The second-order valence-corrected chi connectivity index (χ2v) is 2.66. The average Bonchev–Trinajstić information content (AvgIpc) is 1.86. The minimum Gasteiger partial charge on any atom is -0.508 e. The highest BCUT2D eigenvalue weighted by molar-refractivity contribution is 5.35. The first-order chi connectivity index (χ1) is 5.02. The molecule has 0 saturated carbocycles. The molecule has 1 rings (SSSR count). The molecule has 1 atom stereocenters. The van der Waals surface area contributed by atoms with E-state index in [-0.39, 0.29) is 5.75 Å². The molecule has 1 aromatic rings. The predicted molar refractivity (Wildman–Crippen MR) is 41.9 cm³/mol. The van der Waals surface area contributed by atoms with Crippen LogP contribution in [0.3, 0.4) is 0 Å². The molecule has 0 fully saturated rings. The number of aliphatic hydroxyl groups is 1. The van der Waals surface area contributed by atoms with Gasteiger partial charge in [-0.1, -0.05) is 18.2 Å². The minimum absolute atomic E-state index is 0.0139. The van der Waals surface area contributed by atoms with Crippen LogP contribution in [0, 0.1) is 0 Å². The highest BCUT2D eigenvalue weighted by atomic mass is 16.3. The summed E-state index contributed by atoms with van der Waals surface area (Å²) in [5.74, 6) is 0.0139. The SMILES string of the molecule is CC(N)(O)c1ccccc1O. The van der Waals surface area contributed by atoms with Gasteiger partial charge in [-0.15, -0.1) is 0 Å². The van der Waals surface area contributed by atoms with Crippen LogP contribution in [0.1, 0.15) is 12.5 Å². The van der Waals surface area contributed by atoms with E-state index in [1.54, 1.807) is 18.2 Å². The van der Waals surface area contributed by atoms with Crippen molar-refractivity contribution in [2.75, 3.05) is 0 Å². The topological polar surface area (TPSA) is 66.5 Å². The molecule has 11 heavy (non-hydrogen) atoms. The number of phenols is 1. The lowest BCUT2D eigenvalue weighted by atomic mass is 10.1. The summed E-state index contributed by atoms with van der Waals surface area (Å²) in [7, 11) is 0. The number of hydrogen-bond donors (Lipinski definition) is 3. The number of aromatic hydroxyl groups is 1. The zero-order valence-electron chi connectivity index (χ0n) is 6.28. The van der Waals surface area contributed by atoms with E-state index < -0.39 is 5.72 Å². The molecule has 0 amide bonds. The summed E-state index contributed by atoms with van der Waals surface area (Å²) in [5, 5.41) is 18.5. The lowest BCUT2D eigenvalue weighted by Crippen LogP contribution is -2.32. The van der Waals surface area contributed by atoms with Gasteiger partial charge in [0.1, 0.15) is 11.5 Å². The molecule has 60 valence electrons. The van der Waals surface area contributed by atoms with Crippen LogP contribution in [0.15, 0.2) is 24.3 Å². The fraction of sp³-hybridized carbons (Fsp3) is 0.250. The van der Waals surface area contributed by atoms with Crippen molar-refractivity contribution in [3.8, 4) is 5.75 Å². The first-order valence-corrected chi connectivity index (χ1v) is 3.31. The molecule has 3 nitrogen and oxygen atoms in total. The maximum absolute atomic E-state index is 9.29. The van der Waals surface area contributed by atoms with E-state index >= 15 is 0 Å². The molecule has 0 aliphatic carbocycles. The van der Waals surface area contributed by atoms with Gasteiger partial charge in [0.05, 0.1) is 0 Å². The summed E-state index contributed by atoms with van der Waals surface area (Å²) in [6.07, 6.45) is 0. The molecule has 0 spiro atoms. The molecule has 4 N–H and O–H groups in total. The standard InChI is InChI=1S/C8H11NO2/c1-8(9,11)6-4-2-3-5-7(6)10/h2-5,10-11H,9H2,1H3. The lowest BCUT2D eigenvalue weighted by molar-refractivity contribution is 0.0621. The van der Waals surface area contributed by atoms with Gasteiger partial charge in [-0.2, -0.15) is 0 Å². The van der Waals surface area contributed by atoms with Crippen LogP contribution in [0.2, 0.25) is 0 Å². The van der Waals surface area contributed by atoms with Crippen molar-refractivity contribution in [3.63, 3.8) is 0 Å². The van der Waals surface area contributed by atoms with Crippen LogP contribution in [0.4, 0.5) is 0 Å². The van der Waals surface area contributed by atoms with E-state index in [1.165, 1.54) is 13.0 Å². The maximum Gasteiger partial charge on any atom is 0.140 e. The molecule has 0 saturated heterocycles. The monoisotopic (exact) mass is 153 g/mol. The molecule has 0 radical (unpaired) electrons. The first kappa shape index (κ1) is 8.04. The van der Waals surface area contributed by atoms with Gasteiger partial charge in [0.2, 0.25) is 0 Å². The zero-order chi connectivity index (χ0) is 8.48. The molecule has 0 heterocycles. The summed E-state index contributed by atoms with van der Waals surface area (Å²) in [5.41, 5.74) is 4.22. The normalized spacial score (nSPS) is 15.9. The van der Waals surface area contributed by atoms with Crippen molar-refractivity contribution in [2.45, 2.75) is 12.6 Å². The van der Waals surface area contributed by atoms with Crippen molar-refractivity contribution >= 4 is 0 Å². The van der Waals surface area contributed by atoms with Gasteiger partial charge in [0.15, 0.2) is 0 Å². The zero-order valence-corrected chi connectivity index (χ0v) is 6.28. The van der Waals surface area contributed by atoms with Crippen molar-refractivity contribution < 1.29 is 10.2 Å². The molecule has 1 aromatic carbocycles. The number of nitrogens with two attached hydrogens (primary N) is 1. The van der Waals surface area contributed by atoms with Crippen molar-refractivity contribution in [1.29, 1.82) is 0 Å². The smallest absolute Gasteiger partial charge is 0.140 e. The second kappa shape index (κ2) is 2.53. The van der Waals surface area contributed by atoms with Crippen molar-refractivity contribution in [1.82, 2.24) is 0 Å². The Labute approximate surface area is 65.1 Å². The van der Waals surface area contributed by atoms with Crippen LogP contribution in [0.25, 0.3) is 0 Å². The first-order valence-electron chi connectivity index (χ1n) is 3.31. The van der Waals surface area contributed by atoms with E-state index in [4.69, 9.17) is 5.73 Å². The van der Waals surface area contributed by atoms with Crippen molar-refractivity contribution in [3.05, 3.63) is 29.8 Å². The van der Waals surface area contributed by atoms with Crippen LogP contribution in [-0.4, -0.2) is 10.2 Å². The molecule has 0 aliphatic heterocycles. The van der Waals surface area contributed by atoms with Crippen LogP contribution >= 0.6 is 0 Å². The van der Waals surface area contributed by atoms with E-state index in [2.05, 4.69) is 0 Å². The summed E-state index contributed by atoms with van der Waals surface area (Å²) in [6, 6.07) is 6.44. The van der Waals surface area contributed by atoms with Gasteiger partial charge in [0.25, 0.3) is 0 Å². The summed E-state index contributed by atoms with van der Waals surface area (Å²) < 4.78 is 0. The summed E-state index contributed by atoms with van der Waals surface area (Å²) in [6.45, 7) is 1.42. The Hall–Kier alpha value is -1.06. The summed E-state index contributed by atoms with van der Waals surface area (Å²) in [4.78, 5) is 0. The Morgan fingerprint density at radius 1 is 1.36 bits per heavy atom. The predicted octanol–water partition coefficient (Wildman–Crippen LogP) is 0.516. The quantitative estimate of drug-likeness (QED) is 0.515. The molecule has 1 unspecified atom stereocenters. The van der Waals surface area contributed by atoms with E-state index in [0.29, 0.717) is 5.56 Å². The third-order valence-corrected chi connectivity index (χ3v) is 1.45. The Kier molecular flexibility index (Phi) is 1.85. The Morgan fingerprint density at radius 3 is 2.27 bits per heavy atom. The maximum atomic E-state index is 9.29. The van der Waals surface area contributed by atoms with Gasteiger partial charge < -0.3 is 10.2 Å². The Morgan fingerprint density at radius 2 is 1.91 bits per heavy atom. The molecular formula is C8H11NO2. The second-order valence-electron chi connectivity index (χ2n) is 2.66. The Balaban J connectivity index is 3.14. The largest absolute Gasteiger partial charge is 0.508 e. The lowest BCUT2D eigenvalue weighted by Gasteiger charge is -2.18. The average molecular weight is 153 g/mol. The number of benzene rings is 1. The fourth-order valence-corrected chi connectivity index (χ4v) is 0.902. The molecule has 3 heteroatoms. The summed E-state index contributed by atoms with van der Waals surface area (Å²) >= 11 is 0. The van der Waals surface area contributed by atoms with E-state index in [1.807, 2.05) is 0 Å². The van der Waals surface area contributed by atoms with Crippen LogP contribution < -0.4 is 5.73 Å². The number of phenolic OH excluding ortho intramolecular Hbond substituents is 1. The highest BCUT2D eigenvalue weighted by Gasteiger charge is 2.19. The minimum atomic E-state index is -1.47. The number of para-hydroxylation sites is 1. The highest BCUT2D eigenvalue weighted by Crippen LogP contribution is 2.23. The number of rotatable bonds is 1.